The summed E-state index contributed by atoms with van der Waals surface area (Å²) >= 11 is 1.33. The Kier molecular flexibility index (Phi) is 7.74. The van der Waals surface area contributed by atoms with Crippen molar-refractivity contribution in [2.75, 3.05) is 12.4 Å². The van der Waals surface area contributed by atoms with E-state index in [2.05, 4.69) is 15.5 Å². The Morgan fingerprint density at radius 3 is 2.22 bits per heavy atom. The van der Waals surface area contributed by atoms with E-state index in [4.69, 9.17) is 9.47 Å². The highest BCUT2D eigenvalue weighted by Gasteiger charge is 2.25. The van der Waals surface area contributed by atoms with E-state index in [-0.39, 0.29) is 17.8 Å². The molecule has 32 heavy (non-hydrogen) atoms. The molecule has 0 aliphatic rings. The molecule has 1 heterocycles. The number of thioether (sulfide) groups is 1. The number of hydrogen-bond donors (Lipinski definition) is 1. The molecule has 0 spiro atoms. The van der Waals surface area contributed by atoms with Gasteiger partial charge in [-0.2, -0.15) is 0 Å². The summed E-state index contributed by atoms with van der Waals surface area (Å²) in [7, 11) is 1.59. The summed E-state index contributed by atoms with van der Waals surface area (Å²) < 4.78 is 26.2. The minimum Gasteiger partial charge on any atom is -0.497 e. The molecule has 7 nitrogen and oxygen atoms in total. The molecular formula is C23H27FN4O3S. The zero-order valence-corrected chi connectivity index (χ0v) is 19.5. The van der Waals surface area contributed by atoms with Crippen LogP contribution in [-0.2, 0) is 4.79 Å². The number of anilines is 1. The van der Waals surface area contributed by atoms with Crippen LogP contribution in [0, 0.1) is 5.82 Å². The molecule has 0 fully saturated rings. The first kappa shape index (κ1) is 23.6. The first-order valence-electron chi connectivity index (χ1n) is 10.3. The molecule has 0 aliphatic carbocycles. The van der Waals surface area contributed by atoms with Crippen molar-refractivity contribution in [2.24, 2.45) is 0 Å². The second-order valence-corrected chi connectivity index (χ2v) is 8.80. The van der Waals surface area contributed by atoms with Gasteiger partial charge in [0.1, 0.15) is 17.3 Å². The molecule has 2 aromatic carbocycles. The molecule has 0 saturated carbocycles. The monoisotopic (exact) mass is 458 g/mol. The number of nitrogens with one attached hydrogen (secondary N) is 1. The Bertz CT molecular complexity index is 1040. The van der Waals surface area contributed by atoms with Gasteiger partial charge in [-0.15, -0.1) is 10.2 Å². The number of methoxy groups -OCH3 is 1. The Hall–Kier alpha value is -3.07. The average Bonchev–Trinajstić information content (AvgIpc) is 3.19. The van der Waals surface area contributed by atoms with Crippen molar-refractivity contribution in [3.63, 3.8) is 0 Å². The number of carbonyl (C=O) groups is 1. The van der Waals surface area contributed by atoms with Crippen LogP contribution in [0.15, 0.2) is 53.7 Å². The van der Waals surface area contributed by atoms with Gasteiger partial charge in [0.15, 0.2) is 17.1 Å². The summed E-state index contributed by atoms with van der Waals surface area (Å²) in [4.78, 5) is 12.7. The molecule has 2 atom stereocenters. The SMILES string of the molecule is COc1ccc(NC(=O)C(C)Sc2nnc(C(C)Oc3ccc(F)cc3)n2C(C)C)cc1. The molecule has 2 unspecified atom stereocenters. The number of benzene rings is 2. The first-order valence-corrected chi connectivity index (χ1v) is 11.1. The van der Waals surface area contributed by atoms with Gasteiger partial charge in [-0.25, -0.2) is 4.39 Å². The molecule has 9 heteroatoms. The van der Waals surface area contributed by atoms with Crippen LogP contribution in [0.25, 0.3) is 0 Å². The van der Waals surface area contributed by atoms with E-state index in [1.54, 1.807) is 43.5 Å². The number of nitrogens with zero attached hydrogens (tertiary/aromatic N) is 3. The molecule has 1 amide bonds. The normalized spacial score (nSPS) is 13.0. The molecule has 0 bridgehead atoms. The quantitative estimate of drug-likeness (QED) is 0.441. The lowest BCUT2D eigenvalue weighted by Crippen LogP contribution is -2.23. The van der Waals surface area contributed by atoms with E-state index in [1.165, 1.54) is 23.9 Å². The van der Waals surface area contributed by atoms with E-state index >= 15 is 0 Å². The van der Waals surface area contributed by atoms with Crippen molar-refractivity contribution < 1.29 is 18.7 Å². The fraction of sp³-hybridized carbons (Fsp3) is 0.348. The second-order valence-electron chi connectivity index (χ2n) is 7.50. The van der Waals surface area contributed by atoms with Crippen LogP contribution in [0.5, 0.6) is 11.5 Å². The molecule has 3 aromatic rings. The van der Waals surface area contributed by atoms with Crippen LogP contribution in [0.4, 0.5) is 10.1 Å². The van der Waals surface area contributed by atoms with Crippen molar-refractivity contribution in [1.82, 2.24) is 14.8 Å². The predicted octanol–water partition coefficient (Wildman–Crippen LogP) is 5.27. The highest BCUT2D eigenvalue weighted by atomic mass is 32.2. The molecule has 3 rings (SSSR count). The third-order valence-corrected chi connectivity index (χ3v) is 5.76. The van der Waals surface area contributed by atoms with E-state index < -0.39 is 11.4 Å². The summed E-state index contributed by atoms with van der Waals surface area (Å²) in [6.07, 6.45) is -0.409. The zero-order valence-electron chi connectivity index (χ0n) is 18.7. The maximum Gasteiger partial charge on any atom is 0.237 e. The zero-order chi connectivity index (χ0) is 23.3. The highest BCUT2D eigenvalue weighted by molar-refractivity contribution is 8.00. The lowest BCUT2D eigenvalue weighted by Gasteiger charge is -2.19. The van der Waals surface area contributed by atoms with E-state index in [0.717, 1.165) is 5.75 Å². The maximum atomic E-state index is 13.2. The van der Waals surface area contributed by atoms with Crippen molar-refractivity contribution in [2.45, 2.75) is 50.2 Å². The topological polar surface area (TPSA) is 78.3 Å². The number of aromatic nitrogens is 3. The molecule has 0 radical (unpaired) electrons. The summed E-state index contributed by atoms with van der Waals surface area (Å²) in [6.45, 7) is 7.72. The van der Waals surface area contributed by atoms with Gasteiger partial charge >= 0.3 is 0 Å². The third-order valence-electron chi connectivity index (χ3n) is 4.71. The fourth-order valence-electron chi connectivity index (χ4n) is 3.03. The summed E-state index contributed by atoms with van der Waals surface area (Å²) in [6, 6.07) is 13.0. The molecule has 1 aromatic heterocycles. The predicted molar refractivity (Wildman–Crippen MR) is 123 cm³/mol. The Labute approximate surface area is 191 Å². The van der Waals surface area contributed by atoms with Crippen molar-refractivity contribution in [3.8, 4) is 11.5 Å². The van der Waals surface area contributed by atoms with E-state index in [9.17, 15) is 9.18 Å². The van der Waals surface area contributed by atoms with Gasteiger partial charge in [0, 0.05) is 11.7 Å². The number of amides is 1. The lowest BCUT2D eigenvalue weighted by atomic mass is 10.3. The number of halogens is 1. The van der Waals surface area contributed by atoms with Gasteiger partial charge in [-0.3, -0.25) is 4.79 Å². The average molecular weight is 459 g/mol. The van der Waals surface area contributed by atoms with E-state index in [0.29, 0.717) is 22.4 Å². The summed E-state index contributed by atoms with van der Waals surface area (Å²) in [5.41, 5.74) is 0.690. The molecule has 0 aliphatic heterocycles. The minimum atomic E-state index is -0.409. The number of carbonyl (C=O) groups excluding carboxylic acids is 1. The van der Waals surface area contributed by atoms with Crippen LogP contribution in [-0.4, -0.2) is 33.0 Å². The minimum absolute atomic E-state index is 0.0543. The number of ether oxygens (including phenoxy) is 2. The van der Waals surface area contributed by atoms with Gasteiger partial charge in [0.2, 0.25) is 5.91 Å². The molecule has 0 saturated heterocycles. The smallest absolute Gasteiger partial charge is 0.237 e. The standard InChI is InChI=1S/C23H27FN4O3S/c1-14(2)28-21(15(3)31-20-10-6-17(24)7-11-20)26-27-23(28)32-16(4)22(29)25-18-8-12-19(30-5)13-9-18/h6-16H,1-5H3,(H,25,29). The number of hydrogen-bond acceptors (Lipinski definition) is 6. The van der Waals surface area contributed by atoms with Gasteiger partial charge in [-0.1, -0.05) is 11.8 Å². The Morgan fingerprint density at radius 2 is 1.62 bits per heavy atom. The van der Waals surface area contributed by atoms with Crippen LogP contribution in [0.2, 0.25) is 0 Å². The molecular weight excluding hydrogens is 431 g/mol. The van der Waals surface area contributed by atoms with Crippen LogP contribution in [0.1, 0.15) is 45.7 Å². The lowest BCUT2D eigenvalue weighted by molar-refractivity contribution is -0.115. The van der Waals surface area contributed by atoms with Gasteiger partial charge < -0.3 is 19.4 Å². The fourth-order valence-corrected chi connectivity index (χ4v) is 4.02. The van der Waals surface area contributed by atoms with E-state index in [1.807, 2.05) is 32.3 Å². The largest absolute Gasteiger partial charge is 0.497 e. The highest BCUT2D eigenvalue weighted by Crippen LogP contribution is 2.30. The van der Waals surface area contributed by atoms with Crippen LogP contribution < -0.4 is 14.8 Å². The Morgan fingerprint density at radius 1 is 1.00 bits per heavy atom. The molecule has 1 N–H and O–H groups in total. The summed E-state index contributed by atoms with van der Waals surface area (Å²) in [5, 5.41) is 11.7. The molecule has 170 valence electrons. The van der Waals surface area contributed by atoms with Crippen LogP contribution in [0.3, 0.4) is 0 Å². The van der Waals surface area contributed by atoms with Gasteiger partial charge in [0.25, 0.3) is 0 Å². The van der Waals surface area contributed by atoms with Gasteiger partial charge in [0.05, 0.1) is 12.4 Å². The summed E-state index contributed by atoms with van der Waals surface area (Å²) in [5.74, 6) is 1.43. The van der Waals surface area contributed by atoms with Crippen molar-refractivity contribution >= 4 is 23.4 Å². The van der Waals surface area contributed by atoms with Gasteiger partial charge in [-0.05, 0) is 76.2 Å². The Balaban J connectivity index is 1.70. The third kappa shape index (κ3) is 5.79. The van der Waals surface area contributed by atoms with Crippen LogP contribution >= 0.6 is 11.8 Å². The van der Waals surface area contributed by atoms with Crippen molar-refractivity contribution in [1.29, 1.82) is 0 Å². The second kappa shape index (κ2) is 10.5. The maximum absolute atomic E-state index is 13.2. The number of rotatable bonds is 9. The van der Waals surface area contributed by atoms with Crippen molar-refractivity contribution in [3.05, 3.63) is 60.2 Å². The first-order chi connectivity index (χ1) is 15.3.